The van der Waals surface area contributed by atoms with Crippen LogP contribution in [0.1, 0.15) is 26.3 Å². The molecule has 0 aliphatic carbocycles. The van der Waals surface area contributed by atoms with Crippen LogP contribution in [-0.2, 0) is 34.7 Å². The van der Waals surface area contributed by atoms with Gasteiger partial charge in [-0.1, -0.05) is 0 Å². The largest absolute Gasteiger partial charge is 0.456 e. The van der Waals surface area contributed by atoms with Crippen molar-refractivity contribution in [1.82, 2.24) is 4.31 Å². The molecule has 0 amide bonds. The maximum atomic E-state index is 14.2. The fourth-order valence-corrected chi connectivity index (χ4v) is 3.17. The Balaban J connectivity index is 2.60. The first-order valence-corrected chi connectivity index (χ1v) is 9.13. The van der Waals surface area contributed by atoms with Crippen molar-refractivity contribution in [2.45, 2.75) is 26.4 Å². The number of benzene rings is 1. The summed E-state index contributed by atoms with van der Waals surface area (Å²) in [4.78, 5) is 24.1. The second-order valence-corrected chi connectivity index (χ2v) is 7.97. The zero-order chi connectivity index (χ0) is 19.9. The minimum atomic E-state index is -3.87. The fraction of sp³-hybridized carbons (Fsp3) is 0.375. The predicted octanol–water partition coefficient (Wildman–Crippen LogP) is 1.79. The van der Waals surface area contributed by atoms with Crippen LogP contribution in [0, 0.1) is 11.6 Å². The average molecular weight is 389 g/mol. The van der Waals surface area contributed by atoms with Crippen molar-refractivity contribution in [2.75, 3.05) is 12.8 Å². The van der Waals surface area contributed by atoms with E-state index in [9.17, 15) is 26.8 Å². The van der Waals surface area contributed by atoms with E-state index < -0.39 is 50.7 Å². The number of hydrogen-bond acceptors (Lipinski definition) is 6. The van der Waals surface area contributed by atoms with Gasteiger partial charge in [-0.3, -0.25) is 9.59 Å². The standard InChI is InChI=1S/C16H17F2NO6S/c1-5-26(22,23)19(4)15-13(24-9(2)20)14(21)16(3,25-15)11-7-6-10(17)8-12(11)18/h6-8H,5H2,1-4H3. The van der Waals surface area contributed by atoms with Gasteiger partial charge in [0, 0.05) is 25.6 Å². The van der Waals surface area contributed by atoms with Crippen LogP contribution >= 0.6 is 0 Å². The lowest BCUT2D eigenvalue weighted by atomic mass is 9.91. The molecule has 0 bridgehead atoms. The van der Waals surface area contributed by atoms with Gasteiger partial charge >= 0.3 is 5.97 Å². The highest BCUT2D eigenvalue weighted by Gasteiger charge is 2.52. The summed E-state index contributed by atoms with van der Waals surface area (Å²) >= 11 is 0. The summed E-state index contributed by atoms with van der Waals surface area (Å²) in [5, 5.41) is 0. The van der Waals surface area contributed by atoms with Crippen LogP contribution in [0.4, 0.5) is 8.78 Å². The van der Waals surface area contributed by atoms with Crippen LogP contribution < -0.4 is 0 Å². The van der Waals surface area contributed by atoms with E-state index in [1.54, 1.807) is 0 Å². The van der Waals surface area contributed by atoms with E-state index in [2.05, 4.69) is 0 Å². The SMILES string of the molecule is CCS(=O)(=O)N(C)C1=C(OC(C)=O)C(=O)C(C)(c2ccc(F)cc2F)O1. The van der Waals surface area contributed by atoms with Gasteiger partial charge in [-0.05, 0) is 26.0 Å². The van der Waals surface area contributed by atoms with Crippen molar-refractivity contribution in [2.24, 2.45) is 0 Å². The predicted molar refractivity (Wildman–Crippen MR) is 85.8 cm³/mol. The molecule has 7 nitrogen and oxygen atoms in total. The molecule has 1 aliphatic heterocycles. The van der Waals surface area contributed by atoms with Crippen molar-refractivity contribution in [1.29, 1.82) is 0 Å². The third-order valence-electron chi connectivity index (χ3n) is 3.89. The number of Topliss-reactive ketones (excluding diaryl/α,β-unsaturated/α-hetero) is 1. The van der Waals surface area contributed by atoms with E-state index in [-0.39, 0.29) is 11.3 Å². The Bertz CT molecular complexity index is 911. The molecule has 10 heteroatoms. The monoisotopic (exact) mass is 389 g/mol. The average Bonchev–Trinajstić information content (AvgIpc) is 2.79. The summed E-state index contributed by atoms with van der Waals surface area (Å²) in [5.74, 6) is -5.31. The lowest BCUT2D eigenvalue weighted by Crippen LogP contribution is -2.34. The molecule has 1 atom stereocenters. The normalized spacial score (nSPS) is 20.2. The first kappa shape index (κ1) is 19.8. The minimum Gasteiger partial charge on any atom is -0.456 e. The molecule has 0 radical (unpaired) electrons. The van der Waals surface area contributed by atoms with Gasteiger partial charge in [0.25, 0.3) is 11.7 Å². The van der Waals surface area contributed by atoms with Crippen LogP contribution in [0.5, 0.6) is 0 Å². The Kier molecular flexibility index (Phi) is 5.09. The summed E-state index contributed by atoms with van der Waals surface area (Å²) in [6.07, 6.45) is 0. The molecule has 1 unspecified atom stereocenters. The molecule has 1 aliphatic rings. The van der Waals surface area contributed by atoms with E-state index in [0.717, 1.165) is 26.1 Å². The van der Waals surface area contributed by atoms with Gasteiger partial charge < -0.3 is 9.47 Å². The van der Waals surface area contributed by atoms with Crippen LogP contribution in [0.15, 0.2) is 29.8 Å². The quantitative estimate of drug-likeness (QED) is 0.714. The summed E-state index contributed by atoms with van der Waals surface area (Å²) in [6, 6.07) is 2.49. The second-order valence-electron chi connectivity index (χ2n) is 5.68. The Morgan fingerprint density at radius 3 is 2.46 bits per heavy atom. The lowest BCUT2D eigenvalue weighted by Gasteiger charge is -2.26. The van der Waals surface area contributed by atoms with Crippen LogP contribution in [-0.4, -0.2) is 37.3 Å². The van der Waals surface area contributed by atoms with Gasteiger partial charge in [-0.25, -0.2) is 21.5 Å². The minimum absolute atomic E-state index is 0.320. The van der Waals surface area contributed by atoms with E-state index in [1.807, 2.05) is 0 Å². The van der Waals surface area contributed by atoms with Gasteiger partial charge in [0.05, 0.1) is 5.75 Å². The summed E-state index contributed by atoms with van der Waals surface area (Å²) in [7, 11) is -2.76. The maximum absolute atomic E-state index is 14.2. The molecule has 0 fully saturated rings. The third-order valence-corrected chi connectivity index (χ3v) is 5.62. The van der Waals surface area contributed by atoms with E-state index in [1.165, 1.54) is 13.8 Å². The molecular formula is C16H17F2NO6S. The number of carbonyl (C=O) groups excluding carboxylic acids is 2. The Labute approximate surface area is 149 Å². The van der Waals surface area contributed by atoms with Crippen LogP contribution in [0.2, 0.25) is 0 Å². The van der Waals surface area contributed by atoms with Gasteiger partial charge in [0.2, 0.25) is 21.4 Å². The fourth-order valence-electron chi connectivity index (χ4n) is 2.41. The highest BCUT2D eigenvalue weighted by Crippen LogP contribution is 2.41. The second kappa shape index (κ2) is 6.67. The van der Waals surface area contributed by atoms with E-state index >= 15 is 0 Å². The summed E-state index contributed by atoms with van der Waals surface area (Å²) in [6.45, 7) is 3.56. The summed E-state index contributed by atoms with van der Waals surface area (Å²) in [5.41, 5.74) is -2.36. The molecule has 1 heterocycles. The Morgan fingerprint density at radius 1 is 1.35 bits per heavy atom. The maximum Gasteiger partial charge on any atom is 0.308 e. The molecule has 142 valence electrons. The summed E-state index contributed by atoms with van der Waals surface area (Å²) < 4.78 is 62.6. The van der Waals surface area contributed by atoms with Gasteiger partial charge in [0.1, 0.15) is 11.6 Å². The van der Waals surface area contributed by atoms with Crippen molar-refractivity contribution in [3.8, 4) is 0 Å². The number of carbonyl (C=O) groups is 2. The molecule has 1 aromatic rings. The van der Waals surface area contributed by atoms with Gasteiger partial charge in [0.15, 0.2) is 0 Å². The van der Waals surface area contributed by atoms with E-state index in [4.69, 9.17) is 9.47 Å². The van der Waals surface area contributed by atoms with Gasteiger partial charge in [-0.2, -0.15) is 0 Å². The number of hydrogen-bond donors (Lipinski definition) is 0. The highest BCUT2D eigenvalue weighted by atomic mass is 32.2. The van der Waals surface area contributed by atoms with Crippen molar-refractivity contribution >= 4 is 21.8 Å². The van der Waals surface area contributed by atoms with Crippen molar-refractivity contribution in [3.05, 3.63) is 47.0 Å². The smallest absolute Gasteiger partial charge is 0.308 e. The first-order valence-electron chi connectivity index (χ1n) is 7.52. The molecule has 2 rings (SSSR count). The first-order chi connectivity index (χ1) is 11.9. The molecule has 26 heavy (non-hydrogen) atoms. The Hall–Kier alpha value is -2.49. The third kappa shape index (κ3) is 3.28. The number of rotatable bonds is 5. The Morgan fingerprint density at radius 2 is 1.96 bits per heavy atom. The molecule has 1 aromatic carbocycles. The van der Waals surface area contributed by atoms with E-state index in [0.29, 0.717) is 10.4 Å². The molecule has 0 aromatic heterocycles. The van der Waals surface area contributed by atoms with Crippen LogP contribution in [0.3, 0.4) is 0 Å². The number of sulfonamides is 1. The molecular weight excluding hydrogens is 372 g/mol. The van der Waals surface area contributed by atoms with Gasteiger partial charge in [-0.15, -0.1) is 0 Å². The number of halogens is 2. The zero-order valence-electron chi connectivity index (χ0n) is 14.5. The van der Waals surface area contributed by atoms with Crippen molar-refractivity contribution in [3.63, 3.8) is 0 Å². The topological polar surface area (TPSA) is 90.0 Å². The van der Waals surface area contributed by atoms with Crippen LogP contribution in [0.25, 0.3) is 0 Å². The highest BCUT2D eigenvalue weighted by molar-refractivity contribution is 7.89. The van der Waals surface area contributed by atoms with Crippen molar-refractivity contribution < 1.29 is 36.3 Å². The number of ketones is 1. The number of ether oxygens (including phenoxy) is 2. The molecule has 0 spiro atoms. The lowest BCUT2D eigenvalue weighted by molar-refractivity contribution is -0.142. The zero-order valence-corrected chi connectivity index (χ0v) is 15.3. The number of nitrogens with zero attached hydrogens (tertiary/aromatic N) is 1. The molecule has 0 N–H and O–H groups in total. The molecule has 0 saturated carbocycles. The number of esters is 1. The molecule has 0 saturated heterocycles.